The van der Waals surface area contributed by atoms with E-state index in [2.05, 4.69) is 20.8 Å². The average Bonchev–Trinajstić information content (AvgIpc) is 2.20. The molecular weight excluding hydrogens is 192 g/mol. The van der Waals surface area contributed by atoms with Crippen LogP contribution < -0.4 is 0 Å². The van der Waals surface area contributed by atoms with Crippen molar-refractivity contribution in [3.63, 3.8) is 0 Å². The van der Waals surface area contributed by atoms with Gasteiger partial charge in [0.05, 0.1) is 26.4 Å². The normalized spacial score (nSPS) is 11.2. The fourth-order valence-corrected chi connectivity index (χ4v) is 1.01. The maximum Gasteiger partial charge on any atom is 0.0701 e. The minimum atomic E-state index is 0.674. The van der Waals surface area contributed by atoms with E-state index in [-0.39, 0.29) is 0 Å². The van der Waals surface area contributed by atoms with Crippen molar-refractivity contribution < 1.29 is 14.2 Å². The Morgan fingerprint density at radius 1 is 0.733 bits per heavy atom. The van der Waals surface area contributed by atoms with Gasteiger partial charge in [-0.1, -0.05) is 20.8 Å². The van der Waals surface area contributed by atoms with Gasteiger partial charge in [0.1, 0.15) is 0 Å². The Morgan fingerprint density at radius 2 is 1.20 bits per heavy atom. The number of hydrogen-bond acceptors (Lipinski definition) is 3. The summed E-state index contributed by atoms with van der Waals surface area (Å²) >= 11 is 0. The zero-order chi connectivity index (χ0) is 11.4. The number of hydrogen-bond donors (Lipinski definition) is 0. The molecule has 3 heteroatoms. The van der Waals surface area contributed by atoms with Gasteiger partial charge in [-0.15, -0.1) is 0 Å². The lowest BCUT2D eigenvalue weighted by Gasteiger charge is -2.07. The molecule has 0 spiro atoms. The summed E-state index contributed by atoms with van der Waals surface area (Å²) in [6.45, 7) is 10.9. The minimum Gasteiger partial charge on any atom is -0.379 e. The van der Waals surface area contributed by atoms with Crippen LogP contribution in [0.4, 0.5) is 0 Å². The second kappa shape index (κ2) is 12.0. The second-order valence-corrected chi connectivity index (χ2v) is 4.02. The molecular formula is C12H26O3. The van der Waals surface area contributed by atoms with E-state index in [1.807, 2.05) is 0 Å². The molecule has 0 aromatic rings. The largest absolute Gasteiger partial charge is 0.379 e. The molecule has 0 unspecified atom stereocenters. The SMILES string of the molecule is CCCOCCOCCOCCC(C)C. The first kappa shape index (κ1) is 14.9. The molecule has 0 N–H and O–H groups in total. The van der Waals surface area contributed by atoms with Gasteiger partial charge in [-0.05, 0) is 18.8 Å². The molecule has 0 amide bonds. The van der Waals surface area contributed by atoms with Crippen LogP contribution in [-0.4, -0.2) is 39.6 Å². The van der Waals surface area contributed by atoms with Crippen LogP contribution in [0.3, 0.4) is 0 Å². The van der Waals surface area contributed by atoms with Crippen LogP contribution in [0.25, 0.3) is 0 Å². The van der Waals surface area contributed by atoms with E-state index in [1.54, 1.807) is 0 Å². The van der Waals surface area contributed by atoms with Crippen LogP contribution in [0, 0.1) is 5.92 Å². The highest BCUT2D eigenvalue weighted by molar-refractivity contribution is 4.42. The predicted octanol–water partition coefficient (Wildman–Crippen LogP) is 2.49. The standard InChI is InChI=1S/C12H26O3/c1-4-6-13-8-10-15-11-9-14-7-5-12(2)3/h12H,4-11H2,1-3H3. The molecule has 3 nitrogen and oxygen atoms in total. The Labute approximate surface area is 94.1 Å². The Bertz CT molecular complexity index is 115. The molecule has 0 aromatic carbocycles. The van der Waals surface area contributed by atoms with Crippen LogP contribution in [0.1, 0.15) is 33.6 Å². The Balaban J connectivity index is 2.87. The van der Waals surface area contributed by atoms with E-state index < -0.39 is 0 Å². The smallest absolute Gasteiger partial charge is 0.0701 e. The Morgan fingerprint density at radius 3 is 1.67 bits per heavy atom. The van der Waals surface area contributed by atoms with E-state index in [4.69, 9.17) is 14.2 Å². The first-order valence-corrected chi connectivity index (χ1v) is 6.00. The second-order valence-electron chi connectivity index (χ2n) is 4.02. The molecule has 0 saturated heterocycles. The Hall–Kier alpha value is -0.120. The van der Waals surface area contributed by atoms with Gasteiger partial charge >= 0.3 is 0 Å². The quantitative estimate of drug-likeness (QED) is 0.499. The lowest BCUT2D eigenvalue weighted by atomic mass is 10.1. The first-order chi connectivity index (χ1) is 7.27. The van der Waals surface area contributed by atoms with Gasteiger partial charge in [-0.2, -0.15) is 0 Å². The monoisotopic (exact) mass is 218 g/mol. The van der Waals surface area contributed by atoms with Crippen LogP contribution in [0.2, 0.25) is 0 Å². The third-order valence-corrected chi connectivity index (χ3v) is 1.93. The van der Waals surface area contributed by atoms with Crippen molar-refractivity contribution >= 4 is 0 Å². The van der Waals surface area contributed by atoms with Crippen molar-refractivity contribution in [3.05, 3.63) is 0 Å². The van der Waals surface area contributed by atoms with Crippen molar-refractivity contribution in [3.8, 4) is 0 Å². The van der Waals surface area contributed by atoms with Gasteiger partial charge in [0, 0.05) is 13.2 Å². The third-order valence-electron chi connectivity index (χ3n) is 1.93. The van der Waals surface area contributed by atoms with Crippen molar-refractivity contribution in [1.29, 1.82) is 0 Å². The number of rotatable bonds is 11. The molecule has 0 bridgehead atoms. The molecule has 0 saturated carbocycles. The van der Waals surface area contributed by atoms with Gasteiger partial charge in [-0.25, -0.2) is 0 Å². The van der Waals surface area contributed by atoms with Gasteiger partial charge in [0.2, 0.25) is 0 Å². The van der Waals surface area contributed by atoms with Gasteiger partial charge in [-0.3, -0.25) is 0 Å². The lowest BCUT2D eigenvalue weighted by molar-refractivity contribution is 0.0129. The van der Waals surface area contributed by atoms with Gasteiger partial charge < -0.3 is 14.2 Å². The summed E-state index contributed by atoms with van der Waals surface area (Å²) in [5.41, 5.74) is 0. The van der Waals surface area contributed by atoms with Gasteiger partial charge in [0.25, 0.3) is 0 Å². The summed E-state index contributed by atoms with van der Waals surface area (Å²) in [4.78, 5) is 0. The summed E-state index contributed by atoms with van der Waals surface area (Å²) in [6, 6.07) is 0. The molecule has 0 aliphatic rings. The minimum absolute atomic E-state index is 0.674. The summed E-state index contributed by atoms with van der Waals surface area (Å²) in [7, 11) is 0. The van der Waals surface area contributed by atoms with E-state index in [0.717, 1.165) is 26.1 Å². The maximum absolute atomic E-state index is 5.41. The summed E-state index contributed by atoms with van der Waals surface area (Å²) < 4.78 is 16.0. The van der Waals surface area contributed by atoms with Crippen LogP contribution in [0.5, 0.6) is 0 Å². The predicted molar refractivity (Wildman–Crippen MR) is 62.2 cm³/mol. The number of ether oxygens (including phenoxy) is 3. The Kier molecular flexibility index (Phi) is 11.9. The third kappa shape index (κ3) is 13.9. The fourth-order valence-electron chi connectivity index (χ4n) is 1.01. The van der Waals surface area contributed by atoms with E-state index >= 15 is 0 Å². The molecule has 0 radical (unpaired) electrons. The molecule has 0 heterocycles. The molecule has 0 fully saturated rings. The molecule has 0 aromatic heterocycles. The molecule has 0 atom stereocenters. The highest BCUT2D eigenvalue weighted by Gasteiger charge is 1.94. The van der Waals surface area contributed by atoms with Crippen LogP contribution >= 0.6 is 0 Å². The van der Waals surface area contributed by atoms with Gasteiger partial charge in [0.15, 0.2) is 0 Å². The zero-order valence-corrected chi connectivity index (χ0v) is 10.5. The molecule has 0 aliphatic carbocycles. The fraction of sp³-hybridized carbons (Fsp3) is 1.00. The van der Waals surface area contributed by atoms with Crippen LogP contribution in [-0.2, 0) is 14.2 Å². The maximum atomic E-state index is 5.41. The van der Waals surface area contributed by atoms with E-state index in [1.165, 1.54) is 0 Å². The topological polar surface area (TPSA) is 27.7 Å². The molecule has 0 rings (SSSR count). The van der Waals surface area contributed by atoms with Crippen LogP contribution in [0.15, 0.2) is 0 Å². The van der Waals surface area contributed by atoms with E-state index in [0.29, 0.717) is 32.3 Å². The van der Waals surface area contributed by atoms with Crippen molar-refractivity contribution in [2.24, 2.45) is 5.92 Å². The van der Waals surface area contributed by atoms with Crippen molar-refractivity contribution in [2.75, 3.05) is 39.6 Å². The van der Waals surface area contributed by atoms with Crippen molar-refractivity contribution in [2.45, 2.75) is 33.6 Å². The molecule has 92 valence electrons. The highest BCUT2D eigenvalue weighted by atomic mass is 16.5. The lowest BCUT2D eigenvalue weighted by Crippen LogP contribution is -2.10. The molecule has 0 aliphatic heterocycles. The summed E-state index contributed by atoms with van der Waals surface area (Å²) in [5.74, 6) is 0.716. The molecule has 15 heavy (non-hydrogen) atoms. The summed E-state index contributed by atoms with van der Waals surface area (Å²) in [5, 5.41) is 0. The zero-order valence-electron chi connectivity index (χ0n) is 10.5. The highest BCUT2D eigenvalue weighted by Crippen LogP contribution is 1.98. The summed E-state index contributed by atoms with van der Waals surface area (Å²) in [6.07, 6.45) is 2.19. The first-order valence-electron chi connectivity index (χ1n) is 6.00. The average molecular weight is 218 g/mol. The van der Waals surface area contributed by atoms with Crippen molar-refractivity contribution in [1.82, 2.24) is 0 Å². The van der Waals surface area contributed by atoms with E-state index in [9.17, 15) is 0 Å².